The van der Waals surface area contributed by atoms with Crippen molar-refractivity contribution in [3.05, 3.63) is 84.3 Å². The zero-order valence-corrected chi connectivity index (χ0v) is 11.5. The van der Waals surface area contributed by atoms with E-state index in [9.17, 15) is 5.11 Å². The fraction of sp³-hybridized carbons (Fsp3) is 0.0556. The van der Waals surface area contributed by atoms with Gasteiger partial charge in [0, 0.05) is 6.21 Å². The average molecular weight is 263 g/mol. The van der Waals surface area contributed by atoms with Crippen molar-refractivity contribution in [2.45, 2.75) is 6.92 Å². The molecule has 1 N–H and O–H groups in total. The molecule has 2 aromatic rings. The first-order valence-corrected chi connectivity index (χ1v) is 6.42. The molecule has 0 fully saturated rings. The van der Waals surface area contributed by atoms with Gasteiger partial charge in [0.2, 0.25) is 0 Å². The highest BCUT2D eigenvalue weighted by molar-refractivity contribution is 5.82. The summed E-state index contributed by atoms with van der Waals surface area (Å²) in [6.45, 7) is 5.21. The van der Waals surface area contributed by atoms with Gasteiger partial charge < -0.3 is 5.11 Å². The molecule has 0 amide bonds. The van der Waals surface area contributed by atoms with Crippen LogP contribution in [0.2, 0.25) is 0 Å². The third kappa shape index (κ3) is 3.45. The normalized spacial score (nSPS) is 12.2. The van der Waals surface area contributed by atoms with E-state index in [1.807, 2.05) is 30.3 Å². The lowest BCUT2D eigenvalue weighted by Gasteiger charge is -2.02. The summed E-state index contributed by atoms with van der Waals surface area (Å²) in [4.78, 5) is 4.20. The third-order valence-electron chi connectivity index (χ3n) is 2.93. The summed E-state index contributed by atoms with van der Waals surface area (Å²) < 4.78 is 0. The predicted octanol–water partition coefficient (Wildman–Crippen LogP) is 4.75. The molecular formula is C18H17NO. The van der Waals surface area contributed by atoms with Gasteiger partial charge in [-0.15, -0.1) is 0 Å². The summed E-state index contributed by atoms with van der Waals surface area (Å²) in [5.74, 6) is 0.164. The summed E-state index contributed by atoms with van der Waals surface area (Å²) in [7, 11) is 0. The summed E-state index contributed by atoms with van der Waals surface area (Å²) in [6.07, 6.45) is 3.25. The van der Waals surface area contributed by atoms with Crippen molar-refractivity contribution < 1.29 is 5.11 Å². The van der Waals surface area contributed by atoms with E-state index in [0.29, 0.717) is 5.70 Å². The number of aliphatic hydroxyl groups is 1. The summed E-state index contributed by atoms with van der Waals surface area (Å²) in [6, 6.07) is 18.3. The molecule has 0 bridgehead atoms. The van der Waals surface area contributed by atoms with Crippen molar-refractivity contribution in [3.8, 4) is 11.1 Å². The molecule has 0 spiro atoms. The first-order valence-electron chi connectivity index (χ1n) is 6.42. The number of benzene rings is 2. The molecule has 2 nitrogen and oxygen atoms in total. The van der Waals surface area contributed by atoms with Crippen LogP contribution in [0.5, 0.6) is 0 Å². The van der Waals surface area contributed by atoms with Crippen LogP contribution in [0.4, 0.5) is 0 Å². The van der Waals surface area contributed by atoms with Gasteiger partial charge in [-0.2, -0.15) is 0 Å². The fourth-order valence-electron chi connectivity index (χ4n) is 1.83. The minimum atomic E-state index is 0.164. The molecule has 0 unspecified atom stereocenters. The van der Waals surface area contributed by atoms with Crippen LogP contribution in [0.25, 0.3) is 11.1 Å². The van der Waals surface area contributed by atoms with E-state index in [0.717, 1.165) is 5.56 Å². The van der Waals surface area contributed by atoms with Crippen LogP contribution in [0.3, 0.4) is 0 Å². The Morgan fingerprint density at radius 2 is 1.60 bits per heavy atom. The van der Waals surface area contributed by atoms with E-state index in [1.54, 1.807) is 13.1 Å². The second-order valence-electron chi connectivity index (χ2n) is 4.42. The standard InChI is InChI=1S/C18H17NO/c1-3-18(14(2)20)19-13-15-9-11-17(12-10-15)16-7-5-4-6-8-16/h3-13,20H,1H2,2H3. The zero-order valence-electron chi connectivity index (χ0n) is 11.5. The molecule has 100 valence electrons. The highest BCUT2D eigenvalue weighted by Crippen LogP contribution is 2.18. The van der Waals surface area contributed by atoms with E-state index >= 15 is 0 Å². The van der Waals surface area contributed by atoms with Crippen LogP contribution in [-0.4, -0.2) is 11.3 Å². The van der Waals surface area contributed by atoms with E-state index in [-0.39, 0.29) is 5.76 Å². The number of hydrogen-bond donors (Lipinski definition) is 1. The van der Waals surface area contributed by atoms with Gasteiger partial charge in [-0.25, -0.2) is 0 Å². The largest absolute Gasteiger partial charge is 0.510 e. The van der Waals surface area contributed by atoms with Crippen molar-refractivity contribution in [3.63, 3.8) is 0 Å². The second-order valence-corrected chi connectivity index (χ2v) is 4.42. The Bertz CT molecular complexity index is 633. The van der Waals surface area contributed by atoms with Crippen LogP contribution in [0, 0.1) is 0 Å². The molecule has 0 saturated carbocycles. The lowest BCUT2D eigenvalue weighted by molar-refractivity contribution is 0.408. The molecule has 2 heteroatoms. The van der Waals surface area contributed by atoms with Gasteiger partial charge in [0.15, 0.2) is 0 Å². The molecule has 20 heavy (non-hydrogen) atoms. The molecule has 2 rings (SSSR count). The predicted molar refractivity (Wildman–Crippen MR) is 85.0 cm³/mol. The minimum Gasteiger partial charge on any atom is -0.510 e. The fourth-order valence-corrected chi connectivity index (χ4v) is 1.83. The number of rotatable bonds is 4. The van der Waals surface area contributed by atoms with Crippen molar-refractivity contribution >= 4 is 6.21 Å². The van der Waals surface area contributed by atoms with Crippen molar-refractivity contribution in [2.24, 2.45) is 4.99 Å². The molecule has 0 aliphatic carbocycles. The maximum absolute atomic E-state index is 9.38. The molecule has 0 radical (unpaired) electrons. The zero-order chi connectivity index (χ0) is 14.4. The Hall–Kier alpha value is -2.61. The minimum absolute atomic E-state index is 0.164. The number of allylic oxidation sites excluding steroid dienone is 2. The molecule has 0 atom stereocenters. The Morgan fingerprint density at radius 1 is 1.00 bits per heavy atom. The Labute approximate surface area is 119 Å². The maximum atomic E-state index is 9.38. The van der Waals surface area contributed by atoms with Crippen LogP contribution in [0.15, 0.2) is 83.7 Å². The number of nitrogens with zero attached hydrogens (tertiary/aromatic N) is 1. The Kier molecular flexibility index (Phi) is 4.51. The molecule has 0 aliphatic rings. The van der Waals surface area contributed by atoms with E-state index in [4.69, 9.17) is 0 Å². The summed E-state index contributed by atoms with van der Waals surface area (Å²) >= 11 is 0. The molecule has 0 heterocycles. The first kappa shape index (κ1) is 13.8. The van der Waals surface area contributed by atoms with Crippen LogP contribution >= 0.6 is 0 Å². The number of aliphatic imine (C=N–C) groups is 1. The van der Waals surface area contributed by atoms with Gasteiger partial charge in [-0.1, -0.05) is 61.2 Å². The van der Waals surface area contributed by atoms with Gasteiger partial charge in [0.05, 0.1) is 5.70 Å². The summed E-state index contributed by atoms with van der Waals surface area (Å²) in [5, 5.41) is 9.38. The van der Waals surface area contributed by atoms with Crippen LogP contribution < -0.4 is 0 Å². The lowest BCUT2D eigenvalue weighted by atomic mass is 10.0. The van der Waals surface area contributed by atoms with Gasteiger partial charge in [0.25, 0.3) is 0 Å². The highest BCUT2D eigenvalue weighted by Gasteiger charge is 1.97. The second kappa shape index (κ2) is 6.53. The van der Waals surface area contributed by atoms with Crippen LogP contribution in [-0.2, 0) is 0 Å². The van der Waals surface area contributed by atoms with Gasteiger partial charge in [0.1, 0.15) is 5.76 Å². The number of hydrogen-bond acceptors (Lipinski definition) is 2. The maximum Gasteiger partial charge on any atom is 0.115 e. The smallest absolute Gasteiger partial charge is 0.115 e. The van der Waals surface area contributed by atoms with Gasteiger partial charge in [-0.05, 0) is 29.7 Å². The van der Waals surface area contributed by atoms with E-state index in [2.05, 4.69) is 35.8 Å². The monoisotopic (exact) mass is 263 g/mol. The van der Waals surface area contributed by atoms with Crippen molar-refractivity contribution in [2.75, 3.05) is 0 Å². The Morgan fingerprint density at radius 3 is 2.15 bits per heavy atom. The first-order chi connectivity index (χ1) is 9.70. The third-order valence-corrected chi connectivity index (χ3v) is 2.93. The highest BCUT2D eigenvalue weighted by atomic mass is 16.3. The van der Waals surface area contributed by atoms with Crippen LogP contribution in [0.1, 0.15) is 12.5 Å². The summed E-state index contributed by atoms with van der Waals surface area (Å²) in [5.41, 5.74) is 3.82. The lowest BCUT2D eigenvalue weighted by Crippen LogP contribution is -1.85. The van der Waals surface area contributed by atoms with E-state index < -0.39 is 0 Å². The van der Waals surface area contributed by atoms with Gasteiger partial charge in [-0.3, -0.25) is 4.99 Å². The molecule has 0 saturated heterocycles. The SMILES string of the molecule is C=CC(N=Cc1ccc(-c2ccccc2)cc1)=C(C)O. The van der Waals surface area contributed by atoms with Crippen molar-refractivity contribution in [1.82, 2.24) is 0 Å². The molecule has 0 aromatic heterocycles. The van der Waals surface area contributed by atoms with Crippen molar-refractivity contribution in [1.29, 1.82) is 0 Å². The van der Waals surface area contributed by atoms with E-state index in [1.165, 1.54) is 17.2 Å². The number of aliphatic hydroxyl groups excluding tert-OH is 1. The molecule has 0 aliphatic heterocycles. The van der Waals surface area contributed by atoms with Gasteiger partial charge >= 0.3 is 0 Å². The average Bonchev–Trinajstić information content (AvgIpc) is 2.49. The topological polar surface area (TPSA) is 32.6 Å². The Balaban J connectivity index is 2.19. The quantitative estimate of drug-likeness (QED) is 0.482. The molecule has 2 aromatic carbocycles. The molecular weight excluding hydrogens is 246 g/mol.